The lowest BCUT2D eigenvalue weighted by atomic mass is 9.93. The maximum absolute atomic E-state index is 4.07. The van der Waals surface area contributed by atoms with Crippen LogP contribution in [0.15, 0.2) is 41.4 Å². The second-order valence-electron chi connectivity index (χ2n) is 5.37. The van der Waals surface area contributed by atoms with E-state index in [1.807, 2.05) is 18.0 Å². The predicted molar refractivity (Wildman–Crippen MR) is 84.1 cm³/mol. The van der Waals surface area contributed by atoms with Crippen LogP contribution >= 0.6 is 11.8 Å². The first-order valence-electron chi connectivity index (χ1n) is 7.20. The molecule has 0 spiro atoms. The average molecular weight is 287 g/mol. The molecule has 0 saturated carbocycles. The Morgan fingerprint density at radius 3 is 2.75 bits per heavy atom. The van der Waals surface area contributed by atoms with Crippen molar-refractivity contribution in [2.24, 2.45) is 0 Å². The first-order valence-corrected chi connectivity index (χ1v) is 8.43. The molecule has 2 heterocycles. The molecule has 1 aromatic heterocycles. The zero-order valence-electron chi connectivity index (χ0n) is 11.9. The summed E-state index contributed by atoms with van der Waals surface area (Å²) in [5, 5.41) is 7.18. The van der Waals surface area contributed by atoms with Crippen molar-refractivity contribution in [3.63, 3.8) is 0 Å². The second-order valence-corrected chi connectivity index (χ2v) is 6.22. The van der Waals surface area contributed by atoms with Gasteiger partial charge in [-0.1, -0.05) is 18.2 Å². The Labute approximate surface area is 124 Å². The van der Waals surface area contributed by atoms with E-state index in [-0.39, 0.29) is 0 Å². The number of hydrogen-bond donors (Lipinski definition) is 1. The van der Waals surface area contributed by atoms with E-state index in [1.54, 1.807) is 0 Å². The monoisotopic (exact) mass is 287 g/mol. The van der Waals surface area contributed by atoms with Gasteiger partial charge in [-0.05, 0) is 49.9 Å². The number of hydrogen-bond acceptors (Lipinski definition) is 3. The van der Waals surface area contributed by atoms with E-state index in [4.69, 9.17) is 0 Å². The smallest absolute Gasteiger partial charge is 0.0490 e. The largest absolute Gasteiger partial charge is 0.299 e. The molecule has 0 radical (unpaired) electrons. The van der Waals surface area contributed by atoms with Crippen LogP contribution in [0.4, 0.5) is 0 Å². The molecule has 4 heteroatoms. The Bertz CT molecular complexity index is 530. The Hall–Kier alpha value is -1.26. The van der Waals surface area contributed by atoms with Crippen LogP contribution in [0.3, 0.4) is 0 Å². The molecule has 0 bridgehead atoms. The number of nitrogens with zero attached hydrogens (tertiary/aromatic N) is 2. The van der Waals surface area contributed by atoms with E-state index in [2.05, 4.69) is 51.7 Å². The molecule has 1 aromatic carbocycles. The van der Waals surface area contributed by atoms with Gasteiger partial charge in [0.2, 0.25) is 0 Å². The van der Waals surface area contributed by atoms with Crippen molar-refractivity contribution in [3.05, 3.63) is 47.8 Å². The third kappa shape index (κ3) is 3.07. The van der Waals surface area contributed by atoms with Crippen LogP contribution in [-0.4, -0.2) is 34.4 Å². The first-order chi connectivity index (χ1) is 9.86. The van der Waals surface area contributed by atoms with Crippen molar-refractivity contribution < 1.29 is 0 Å². The van der Waals surface area contributed by atoms with Crippen molar-refractivity contribution in [2.75, 3.05) is 19.3 Å². The highest BCUT2D eigenvalue weighted by molar-refractivity contribution is 7.98. The fourth-order valence-corrected chi connectivity index (χ4v) is 3.58. The summed E-state index contributed by atoms with van der Waals surface area (Å²) in [6.07, 6.45) is 6.47. The number of aromatic amines is 1. The Morgan fingerprint density at radius 1 is 1.25 bits per heavy atom. The summed E-state index contributed by atoms with van der Waals surface area (Å²) in [7, 11) is 0. The number of rotatable bonds is 4. The molecule has 106 valence electrons. The summed E-state index contributed by atoms with van der Waals surface area (Å²) in [5.41, 5.74) is 2.76. The van der Waals surface area contributed by atoms with E-state index in [9.17, 15) is 0 Å². The van der Waals surface area contributed by atoms with E-state index in [1.165, 1.54) is 42.1 Å². The van der Waals surface area contributed by atoms with Crippen LogP contribution in [0, 0.1) is 0 Å². The van der Waals surface area contributed by atoms with Crippen molar-refractivity contribution in [1.82, 2.24) is 15.1 Å². The van der Waals surface area contributed by atoms with Gasteiger partial charge in [-0.3, -0.25) is 10.00 Å². The Morgan fingerprint density at radius 2 is 2.05 bits per heavy atom. The van der Waals surface area contributed by atoms with Gasteiger partial charge in [0, 0.05) is 29.2 Å². The van der Waals surface area contributed by atoms with E-state index >= 15 is 0 Å². The number of aromatic nitrogens is 2. The Balaban J connectivity index is 1.58. The minimum Gasteiger partial charge on any atom is -0.299 e. The van der Waals surface area contributed by atoms with E-state index in [0.717, 1.165) is 6.54 Å². The highest BCUT2D eigenvalue weighted by Gasteiger charge is 2.21. The lowest BCUT2D eigenvalue weighted by Crippen LogP contribution is -2.32. The molecule has 3 nitrogen and oxygen atoms in total. The summed E-state index contributed by atoms with van der Waals surface area (Å²) in [6.45, 7) is 3.42. The maximum atomic E-state index is 4.07. The van der Waals surface area contributed by atoms with Gasteiger partial charge >= 0.3 is 0 Å². The second kappa shape index (κ2) is 6.46. The summed E-state index contributed by atoms with van der Waals surface area (Å²) in [4.78, 5) is 3.98. The molecule has 1 saturated heterocycles. The minimum atomic E-state index is 0.657. The third-order valence-corrected chi connectivity index (χ3v) is 4.97. The normalized spacial score (nSPS) is 17.4. The molecule has 1 fully saturated rings. The molecule has 0 aliphatic carbocycles. The van der Waals surface area contributed by atoms with Gasteiger partial charge in [-0.15, -0.1) is 11.8 Å². The summed E-state index contributed by atoms with van der Waals surface area (Å²) >= 11 is 1.84. The molecule has 3 rings (SSSR count). The zero-order chi connectivity index (χ0) is 13.8. The standard InChI is InChI=1S/C16H21N3S/c1-20-16-5-3-2-4-14(16)12-19-10-7-13(8-11-19)15-6-9-17-18-15/h2-6,9,13H,7-8,10-12H2,1H3,(H,17,18). The van der Waals surface area contributed by atoms with Crippen LogP contribution in [-0.2, 0) is 6.54 Å². The molecular formula is C16H21N3S. The summed E-state index contributed by atoms with van der Waals surface area (Å²) < 4.78 is 0. The number of thioether (sulfide) groups is 1. The maximum Gasteiger partial charge on any atom is 0.0490 e. The fourth-order valence-electron chi connectivity index (χ4n) is 2.97. The fraction of sp³-hybridized carbons (Fsp3) is 0.438. The molecule has 2 aromatic rings. The summed E-state index contributed by atoms with van der Waals surface area (Å²) in [5.74, 6) is 0.657. The number of piperidine rings is 1. The molecule has 0 unspecified atom stereocenters. The number of nitrogens with one attached hydrogen (secondary N) is 1. The molecule has 0 atom stereocenters. The molecule has 0 amide bonds. The highest BCUT2D eigenvalue weighted by Crippen LogP contribution is 2.28. The molecular weight excluding hydrogens is 266 g/mol. The van der Waals surface area contributed by atoms with Crippen molar-refractivity contribution in [2.45, 2.75) is 30.2 Å². The van der Waals surface area contributed by atoms with Crippen molar-refractivity contribution in [1.29, 1.82) is 0 Å². The van der Waals surface area contributed by atoms with Crippen molar-refractivity contribution >= 4 is 11.8 Å². The van der Waals surface area contributed by atoms with Gasteiger partial charge in [0.1, 0.15) is 0 Å². The minimum absolute atomic E-state index is 0.657. The predicted octanol–water partition coefficient (Wildman–Crippen LogP) is 3.51. The SMILES string of the molecule is CSc1ccccc1CN1CCC(c2ccn[nH]2)CC1. The molecule has 20 heavy (non-hydrogen) atoms. The van der Waals surface area contributed by atoms with Gasteiger partial charge in [0.05, 0.1) is 0 Å². The lowest BCUT2D eigenvalue weighted by molar-refractivity contribution is 0.202. The Kier molecular flexibility index (Phi) is 4.43. The van der Waals surface area contributed by atoms with Crippen LogP contribution < -0.4 is 0 Å². The van der Waals surface area contributed by atoms with E-state index < -0.39 is 0 Å². The van der Waals surface area contributed by atoms with Gasteiger partial charge < -0.3 is 0 Å². The van der Waals surface area contributed by atoms with Crippen LogP contribution in [0.2, 0.25) is 0 Å². The first kappa shape index (κ1) is 13.7. The molecule has 1 aliphatic heterocycles. The topological polar surface area (TPSA) is 31.9 Å². The van der Waals surface area contributed by atoms with Crippen LogP contribution in [0.5, 0.6) is 0 Å². The van der Waals surface area contributed by atoms with Crippen molar-refractivity contribution in [3.8, 4) is 0 Å². The third-order valence-electron chi connectivity index (χ3n) is 4.14. The quantitative estimate of drug-likeness (QED) is 0.873. The highest BCUT2D eigenvalue weighted by atomic mass is 32.2. The van der Waals surface area contributed by atoms with Crippen LogP contribution in [0.1, 0.15) is 30.0 Å². The van der Waals surface area contributed by atoms with E-state index in [0.29, 0.717) is 5.92 Å². The summed E-state index contributed by atoms with van der Waals surface area (Å²) in [6, 6.07) is 10.9. The lowest BCUT2D eigenvalue weighted by Gasteiger charge is -2.31. The van der Waals surface area contributed by atoms with Gasteiger partial charge in [0.15, 0.2) is 0 Å². The van der Waals surface area contributed by atoms with Crippen LogP contribution in [0.25, 0.3) is 0 Å². The number of benzene rings is 1. The number of likely N-dealkylation sites (tertiary alicyclic amines) is 1. The molecule has 1 aliphatic rings. The number of H-pyrrole nitrogens is 1. The van der Waals surface area contributed by atoms with Gasteiger partial charge in [-0.25, -0.2) is 0 Å². The van der Waals surface area contributed by atoms with Gasteiger partial charge in [-0.2, -0.15) is 5.10 Å². The zero-order valence-corrected chi connectivity index (χ0v) is 12.7. The van der Waals surface area contributed by atoms with Gasteiger partial charge in [0.25, 0.3) is 0 Å². The average Bonchev–Trinajstić information content (AvgIpc) is 3.03. The molecule has 1 N–H and O–H groups in total.